The van der Waals surface area contributed by atoms with E-state index in [9.17, 15) is 9.59 Å². The number of aliphatic imine (C=N–C) groups is 1. The first-order valence-electron chi connectivity index (χ1n) is 7.67. The molecule has 0 aromatic heterocycles. The molecular formula is C18H18N4O2. The first-order chi connectivity index (χ1) is 11.6. The molecule has 2 aromatic rings. The lowest BCUT2D eigenvalue weighted by Crippen LogP contribution is -2.45. The average molecular weight is 322 g/mol. The Balaban J connectivity index is 1.72. The summed E-state index contributed by atoms with van der Waals surface area (Å²) in [4.78, 5) is 28.5. The molecule has 0 spiro atoms. The van der Waals surface area contributed by atoms with Crippen LogP contribution >= 0.6 is 0 Å². The minimum atomic E-state index is -0.757. The fraction of sp³-hybridized carbons (Fsp3) is 0.167. The van der Waals surface area contributed by atoms with Crippen LogP contribution < -0.4 is 16.0 Å². The highest BCUT2D eigenvalue weighted by Crippen LogP contribution is 2.13. The lowest BCUT2D eigenvalue weighted by Gasteiger charge is -2.21. The minimum Gasteiger partial charge on any atom is -0.326 e. The van der Waals surface area contributed by atoms with E-state index < -0.39 is 6.04 Å². The topological polar surface area (TPSA) is 82.6 Å². The zero-order valence-electron chi connectivity index (χ0n) is 13.2. The van der Waals surface area contributed by atoms with Gasteiger partial charge >= 0.3 is 0 Å². The molecule has 0 fully saturated rings. The van der Waals surface area contributed by atoms with Crippen molar-refractivity contribution in [2.45, 2.75) is 19.4 Å². The minimum absolute atomic E-state index is 0.0255. The van der Waals surface area contributed by atoms with Crippen molar-refractivity contribution in [3.63, 3.8) is 0 Å². The summed E-state index contributed by atoms with van der Waals surface area (Å²) in [5, 5.41) is 8.44. The van der Waals surface area contributed by atoms with Crippen LogP contribution in [0.15, 0.2) is 59.6 Å². The second-order valence-corrected chi connectivity index (χ2v) is 5.59. The number of nitrogens with one attached hydrogen (secondary N) is 3. The predicted molar refractivity (Wildman–Crippen MR) is 93.9 cm³/mol. The standard InChI is InChI=1S/C18H18N4O2/c1-12-7-9-14(10-8-12)20-18-21-15(11-16(23)22-18)17(24)19-13-5-3-2-4-6-13/h2-10,15H,11H2,1H3,(H,19,24)(H2,20,21,22,23)/t15-/m1/s1. The van der Waals surface area contributed by atoms with Gasteiger partial charge in [0.2, 0.25) is 17.8 Å². The summed E-state index contributed by atoms with van der Waals surface area (Å²) in [5.41, 5.74) is 2.61. The Labute approximate surface area is 140 Å². The van der Waals surface area contributed by atoms with Crippen molar-refractivity contribution in [1.29, 1.82) is 0 Å². The van der Waals surface area contributed by atoms with Gasteiger partial charge in [-0.05, 0) is 31.2 Å². The molecule has 1 heterocycles. The van der Waals surface area contributed by atoms with Gasteiger partial charge in [-0.1, -0.05) is 35.9 Å². The highest BCUT2D eigenvalue weighted by molar-refractivity contribution is 6.09. The quantitative estimate of drug-likeness (QED) is 0.811. The van der Waals surface area contributed by atoms with E-state index >= 15 is 0 Å². The summed E-state index contributed by atoms with van der Waals surface area (Å²) in [6.45, 7) is 1.99. The van der Waals surface area contributed by atoms with Gasteiger partial charge in [-0.25, -0.2) is 4.99 Å². The Kier molecular flexibility index (Phi) is 4.56. The summed E-state index contributed by atoms with van der Waals surface area (Å²) in [7, 11) is 0. The monoisotopic (exact) mass is 322 g/mol. The maximum Gasteiger partial charge on any atom is 0.249 e. The third kappa shape index (κ3) is 3.98. The van der Waals surface area contributed by atoms with Crippen molar-refractivity contribution in [3.8, 4) is 0 Å². The van der Waals surface area contributed by atoms with E-state index in [4.69, 9.17) is 0 Å². The Bertz CT molecular complexity index is 769. The number of carbonyl (C=O) groups excluding carboxylic acids is 2. The fourth-order valence-electron chi connectivity index (χ4n) is 2.33. The van der Waals surface area contributed by atoms with Gasteiger partial charge in [0, 0.05) is 11.4 Å². The van der Waals surface area contributed by atoms with Crippen LogP contribution in [-0.4, -0.2) is 23.8 Å². The molecule has 0 aliphatic carbocycles. The van der Waals surface area contributed by atoms with Crippen molar-refractivity contribution in [2.24, 2.45) is 4.99 Å². The molecule has 2 amide bonds. The van der Waals surface area contributed by atoms with Crippen molar-refractivity contribution >= 4 is 29.1 Å². The van der Waals surface area contributed by atoms with Crippen LogP contribution in [-0.2, 0) is 9.59 Å². The van der Waals surface area contributed by atoms with Gasteiger partial charge in [-0.15, -0.1) is 0 Å². The fourth-order valence-corrected chi connectivity index (χ4v) is 2.33. The SMILES string of the molecule is Cc1ccc(NC2=N[C@@H](C(=O)Nc3ccccc3)CC(=O)N2)cc1. The van der Waals surface area contributed by atoms with Crippen LogP contribution in [0.4, 0.5) is 11.4 Å². The maximum atomic E-state index is 12.3. The van der Waals surface area contributed by atoms with Crippen molar-refractivity contribution in [1.82, 2.24) is 5.32 Å². The van der Waals surface area contributed by atoms with Crippen molar-refractivity contribution in [2.75, 3.05) is 10.6 Å². The molecule has 6 nitrogen and oxygen atoms in total. The van der Waals surface area contributed by atoms with Crippen molar-refractivity contribution < 1.29 is 9.59 Å². The first kappa shape index (κ1) is 15.7. The smallest absolute Gasteiger partial charge is 0.249 e. The molecule has 3 rings (SSSR count). The number of amides is 2. The van der Waals surface area contributed by atoms with Crippen LogP contribution in [0.1, 0.15) is 12.0 Å². The zero-order valence-corrected chi connectivity index (χ0v) is 13.2. The van der Waals surface area contributed by atoms with Crippen LogP contribution in [0.2, 0.25) is 0 Å². The van der Waals surface area contributed by atoms with E-state index in [1.165, 1.54) is 0 Å². The molecular weight excluding hydrogens is 304 g/mol. The molecule has 1 atom stereocenters. The van der Waals surface area contributed by atoms with E-state index in [-0.39, 0.29) is 24.2 Å². The van der Waals surface area contributed by atoms with E-state index in [2.05, 4.69) is 20.9 Å². The second-order valence-electron chi connectivity index (χ2n) is 5.59. The second kappa shape index (κ2) is 6.95. The molecule has 0 saturated heterocycles. The van der Waals surface area contributed by atoms with Gasteiger partial charge in [0.05, 0.1) is 6.42 Å². The number of carbonyl (C=O) groups is 2. The van der Waals surface area contributed by atoms with Crippen LogP contribution in [0.25, 0.3) is 0 Å². The van der Waals surface area contributed by atoms with E-state index in [0.29, 0.717) is 5.69 Å². The van der Waals surface area contributed by atoms with Gasteiger partial charge in [0.1, 0.15) is 6.04 Å². The highest BCUT2D eigenvalue weighted by atomic mass is 16.2. The summed E-state index contributed by atoms with van der Waals surface area (Å²) < 4.78 is 0. The number of nitrogens with zero attached hydrogens (tertiary/aromatic N) is 1. The van der Waals surface area contributed by atoms with E-state index in [0.717, 1.165) is 11.3 Å². The number of rotatable bonds is 3. The Morgan fingerprint density at radius 1 is 1.08 bits per heavy atom. The van der Waals surface area contributed by atoms with E-state index in [1.54, 1.807) is 12.1 Å². The van der Waals surface area contributed by atoms with Gasteiger partial charge in [0.15, 0.2) is 0 Å². The molecule has 122 valence electrons. The summed E-state index contributed by atoms with van der Waals surface area (Å²) in [6, 6.07) is 16.0. The summed E-state index contributed by atoms with van der Waals surface area (Å²) in [6.07, 6.45) is 0.0255. The molecule has 3 N–H and O–H groups in total. The molecule has 6 heteroatoms. The number of para-hydroxylation sites is 1. The van der Waals surface area contributed by atoms with Crippen LogP contribution in [0, 0.1) is 6.92 Å². The number of hydrogen-bond donors (Lipinski definition) is 3. The molecule has 0 bridgehead atoms. The number of aryl methyl sites for hydroxylation is 1. The Morgan fingerprint density at radius 2 is 1.79 bits per heavy atom. The number of hydrogen-bond acceptors (Lipinski definition) is 4. The third-order valence-corrected chi connectivity index (χ3v) is 3.58. The highest BCUT2D eigenvalue weighted by Gasteiger charge is 2.27. The molecule has 2 aromatic carbocycles. The average Bonchev–Trinajstić information content (AvgIpc) is 2.57. The van der Waals surface area contributed by atoms with Gasteiger partial charge in [-0.2, -0.15) is 0 Å². The van der Waals surface area contributed by atoms with Gasteiger partial charge in [0.25, 0.3) is 0 Å². The molecule has 0 radical (unpaired) electrons. The largest absolute Gasteiger partial charge is 0.326 e. The number of anilines is 2. The van der Waals surface area contributed by atoms with E-state index in [1.807, 2.05) is 49.4 Å². The Hall–Kier alpha value is -3.15. The number of benzene rings is 2. The lowest BCUT2D eigenvalue weighted by molar-refractivity contribution is -0.124. The molecule has 0 unspecified atom stereocenters. The van der Waals surface area contributed by atoms with Crippen LogP contribution in [0.5, 0.6) is 0 Å². The van der Waals surface area contributed by atoms with Gasteiger partial charge < -0.3 is 10.6 Å². The zero-order chi connectivity index (χ0) is 16.9. The Morgan fingerprint density at radius 3 is 2.50 bits per heavy atom. The maximum absolute atomic E-state index is 12.3. The lowest BCUT2D eigenvalue weighted by atomic mass is 10.1. The van der Waals surface area contributed by atoms with Crippen molar-refractivity contribution in [3.05, 3.63) is 60.2 Å². The normalized spacial score (nSPS) is 16.8. The summed E-state index contributed by atoms with van der Waals surface area (Å²) in [5.74, 6) is -0.268. The summed E-state index contributed by atoms with van der Waals surface area (Å²) >= 11 is 0. The molecule has 24 heavy (non-hydrogen) atoms. The molecule has 1 aliphatic heterocycles. The number of guanidine groups is 1. The first-order valence-corrected chi connectivity index (χ1v) is 7.67. The van der Waals surface area contributed by atoms with Gasteiger partial charge in [-0.3, -0.25) is 14.9 Å². The third-order valence-electron chi connectivity index (χ3n) is 3.58. The molecule has 1 aliphatic rings. The predicted octanol–water partition coefficient (Wildman–Crippen LogP) is 2.29. The molecule has 0 saturated carbocycles. The van der Waals surface area contributed by atoms with Crippen LogP contribution in [0.3, 0.4) is 0 Å².